The molecule has 2 heterocycles. The van der Waals surface area contributed by atoms with Crippen molar-refractivity contribution >= 4 is 17.6 Å². The minimum Gasteiger partial charge on any atom is -0.317 e. The zero-order valence-corrected chi connectivity index (χ0v) is 10.1. The molecule has 0 amide bonds. The zero-order chi connectivity index (χ0) is 11.1. The third-order valence-electron chi connectivity index (χ3n) is 2.35. The van der Waals surface area contributed by atoms with Crippen LogP contribution in [0.2, 0.25) is 0 Å². The number of hydrogen-bond acceptors (Lipinski definition) is 4. The Morgan fingerprint density at radius 2 is 2.13 bits per heavy atom. The molecule has 1 N–H and O–H groups in total. The molecule has 4 heteroatoms. The van der Waals surface area contributed by atoms with Crippen LogP contribution < -0.4 is 5.32 Å². The lowest BCUT2D eigenvalue weighted by molar-refractivity contribution is 0.111. The number of piperidine rings is 1. The number of aromatic nitrogens is 1. The Morgan fingerprint density at radius 3 is 2.67 bits per heavy atom. The minimum absolute atomic E-state index is 0.569. The van der Waals surface area contributed by atoms with Gasteiger partial charge in [0.1, 0.15) is 5.69 Å². The number of hydrogen-bond donors (Lipinski definition) is 1. The fourth-order valence-electron chi connectivity index (χ4n) is 1.61. The lowest BCUT2D eigenvalue weighted by Crippen LogP contribution is -2.26. The van der Waals surface area contributed by atoms with Gasteiger partial charge in [-0.05, 0) is 25.9 Å². The van der Waals surface area contributed by atoms with Gasteiger partial charge >= 0.3 is 0 Å². The summed E-state index contributed by atoms with van der Waals surface area (Å²) in [6.07, 6.45) is 3.11. The molecule has 0 saturated carbocycles. The molecule has 0 spiro atoms. The molecule has 2 rings (SSSR count). The van der Waals surface area contributed by atoms with Gasteiger partial charge in [-0.1, -0.05) is 13.8 Å². The van der Waals surface area contributed by atoms with Crippen molar-refractivity contribution in [2.75, 3.05) is 13.1 Å². The van der Waals surface area contributed by atoms with Crippen LogP contribution in [0.3, 0.4) is 0 Å². The summed E-state index contributed by atoms with van der Waals surface area (Å²) in [4.78, 5) is 14.7. The van der Waals surface area contributed by atoms with Crippen molar-refractivity contribution in [1.82, 2.24) is 10.3 Å². The van der Waals surface area contributed by atoms with Crippen molar-refractivity contribution in [2.45, 2.75) is 32.6 Å². The third-order valence-corrected chi connectivity index (χ3v) is 3.37. The highest BCUT2D eigenvalue weighted by atomic mass is 32.1. The second kappa shape index (κ2) is 6.69. The largest absolute Gasteiger partial charge is 0.317 e. The van der Waals surface area contributed by atoms with E-state index in [2.05, 4.69) is 10.3 Å². The smallest absolute Gasteiger partial charge is 0.169 e. The topological polar surface area (TPSA) is 42.0 Å². The van der Waals surface area contributed by atoms with Crippen molar-refractivity contribution in [1.29, 1.82) is 0 Å². The second-order valence-corrected chi connectivity index (χ2v) is 4.14. The lowest BCUT2D eigenvalue weighted by atomic mass is 9.99. The molecule has 1 aliphatic heterocycles. The highest BCUT2D eigenvalue weighted by Gasteiger charge is 2.17. The predicted molar refractivity (Wildman–Crippen MR) is 63.7 cm³/mol. The van der Waals surface area contributed by atoms with Gasteiger partial charge in [0.05, 0.1) is 5.01 Å². The van der Waals surface area contributed by atoms with E-state index in [0.29, 0.717) is 11.6 Å². The predicted octanol–water partition coefficient (Wildman–Crippen LogP) is 2.45. The van der Waals surface area contributed by atoms with Gasteiger partial charge in [0.2, 0.25) is 0 Å². The summed E-state index contributed by atoms with van der Waals surface area (Å²) >= 11 is 1.61. The maximum atomic E-state index is 10.4. The first kappa shape index (κ1) is 12.3. The van der Waals surface area contributed by atoms with E-state index in [1.165, 1.54) is 0 Å². The summed E-state index contributed by atoms with van der Waals surface area (Å²) in [6, 6.07) is 0. The Kier molecular flexibility index (Phi) is 5.50. The van der Waals surface area contributed by atoms with E-state index in [-0.39, 0.29) is 0 Å². The molecule has 1 aromatic heterocycles. The summed E-state index contributed by atoms with van der Waals surface area (Å²) in [5, 5.41) is 6.28. The fraction of sp³-hybridized carbons (Fsp3) is 0.636. The number of carbonyl (C=O) groups excluding carboxylic acids is 1. The number of thiazole rings is 1. The lowest BCUT2D eigenvalue weighted by Gasteiger charge is -2.20. The standard InChI is InChI=1S/C9H12N2OS.C2H6/c12-5-8-6-13-9(11-8)7-1-3-10-4-2-7;1-2/h5-7,10H,1-4H2;1-2H3. The van der Waals surface area contributed by atoms with Gasteiger partial charge in [-0.3, -0.25) is 4.79 Å². The van der Waals surface area contributed by atoms with Crippen LogP contribution in [0.5, 0.6) is 0 Å². The SMILES string of the molecule is CC.O=Cc1csc(C2CCNCC2)n1. The first-order valence-electron chi connectivity index (χ1n) is 5.51. The van der Waals surface area contributed by atoms with Crippen LogP contribution in [0.4, 0.5) is 0 Å². The van der Waals surface area contributed by atoms with Gasteiger partial charge in [-0.15, -0.1) is 11.3 Å². The van der Waals surface area contributed by atoms with E-state index in [1.807, 2.05) is 19.2 Å². The van der Waals surface area contributed by atoms with Crippen LogP contribution in [0, 0.1) is 0 Å². The quantitative estimate of drug-likeness (QED) is 0.788. The molecule has 0 atom stereocenters. The van der Waals surface area contributed by atoms with E-state index in [0.717, 1.165) is 37.2 Å². The van der Waals surface area contributed by atoms with Gasteiger partial charge in [-0.25, -0.2) is 4.98 Å². The molecule has 1 saturated heterocycles. The van der Waals surface area contributed by atoms with E-state index in [9.17, 15) is 4.79 Å². The van der Waals surface area contributed by atoms with E-state index < -0.39 is 0 Å². The third kappa shape index (κ3) is 3.39. The molecule has 0 radical (unpaired) electrons. The number of aldehydes is 1. The minimum atomic E-state index is 0.569. The average molecular weight is 226 g/mol. The first-order chi connectivity index (χ1) is 7.40. The highest BCUT2D eigenvalue weighted by Crippen LogP contribution is 2.27. The Hall–Kier alpha value is -0.740. The van der Waals surface area contributed by atoms with Crippen LogP contribution in [-0.4, -0.2) is 24.4 Å². The zero-order valence-electron chi connectivity index (χ0n) is 9.32. The molecule has 15 heavy (non-hydrogen) atoms. The highest BCUT2D eigenvalue weighted by molar-refractivity contribution is 7.09. The molecule has 1 aliphatic rings. The Bertz CT molecular complexity index is 293. The van der Waals surface area contributed by atoms with Crippen LogP contribution in [0.1, 0.15) is 48.1 Å². The monoisotopic (exact) mass is 226 g/mol. The van der Waals surface area contributed by atoms with Crippen molar-refractivity contribution in [2.24, 2.45) is 0 Å². The summed E-state index contributed by atoms with van der Waals surface area (Å²) in [5.74, 6) is 0.569. The Morgan fingerprint density at radius 1 is 1.47 bits per heavy atom. The first-order valence-corrected chi connectivity index (χ1v) is 6.39. The average Bonchev–Trinajstić information content (AvgIpc) is 2.81. The molecule has 84 valence electrons. The van der Waals surface area contributed by atoms with Gasteiger partial charge in [0.25, 0.3) is 0 Å². The summed E-state index contributed by atoms with van der Waals surface area (Å²) in [5.41, 5.74) is 0.582. The molecule has 3 nitrogen and oxygen atoms in total. The molecule has 0 unspecified atom stereocenters. The summed E-state index contributed by atoms with van der Waals surface area (Å²) in [6.45, 7) is 6.14. The van der Waals surface area contributed by atoms with Crippen LogP contribution in [0.15, 0.2) is 5.38 Å². The number of nitrogens with one attached hydrogen (secondary N) is 1. The van der Waals surface area contributed by atoms with Crippen molar-refractivity contribution in [3.05, 3.63) is 16.1 Å². The van der Waals surface area contributed by atoms with Crippen LogP contribution >= 0.6 is 11.3 Å². The molecule has 0 bridgehead atoms. The van der Waals surface area contributed by atoms with Crippen molar-refractivity contribution < 1.29 is 4.79 Å². The van der Waals surface area contributed by atoms with Gasteiger partial charge in [0, 0.05) is 11.3 Å². The van der Waals surface area contributed by atoms with E-state index >= 15 is 0 Å². The van der Waals surface area contributed by atoms with E-state index in [1.54, 1.807) is 11.3 Å². The van der Waals surface area contributed by atoms with Crippen LogP contribution in [0.25, 0.3) is 0 Å². The summed E-state index contributed by atoms with van der Waals surface area (Å²) in [7, 11) is 0. The fourth-order valence-corrected chi connectivity index (χ4v) is 2.55. The molecule has 1 fully saturated rings. The number of nitrogens with zero attached hydrogens (tertiary/aromatic N) is 1. The number of carbonyl (C=O) groups is 1. The maximum absolute atomic E-state index is 10.4. The second-order valence-electron chi connectivity index (χ2n) is 3.25. The molecular formula is C11H18N2OS. The van der Waals surface area contributed by atoms with E-state index in [4.69, 9.17) is 0 Å². The normalized spacial score (nSPS) is 16.7. The summed E-state index contributed by atoms with van der Waals surface area (Å²) < 4.78 is 0. The van der Waals surface area contributed by atoms with Gasteiger partial charge in [0.15, 0.2) is 6.29 Å². The van der Waals surface area contributed by atoms with Gasteiger partial charge in [-0.2, -0.15) is 0 Å². The van der Waals surface area contributed by atoms with Crippen molar-refractivity contribution in [3.63, 3.8) is 0 Å². The Labute approximate surface area is 94.9 Å². The van der Waals surface area contributed by atoms with Crippen LogP contribution in [-0.2, 0) is 0 Å². The molecule has 0 aliphatic carbocycles. The molecular weight excluding hydrogens is 208 g/mol. The molecule has 1 aromatic rings. The van der Waals surface area contributed by atoms with Gasteiger partial charge < -0.3 is 5.32 Å². The maximum Gasteiger partial charge on any atom is 0.169 e. The van der Waals surface area contributed by atoms with Crippen molar-refractivity contribution in [3.8, 4) is 0 Å². The number of rotatable bonds is 2. The Balaban J connectivity index is 0.000000531. The molecule has 0 aromatic carbocycles.